The molecule has 2 aromatic rings. The van der Waals surface area contributed by atoms with Gasteiger partial charge in [-0.2, -0.15) is 5.26 Å². The lowest BCUT2D eigenvalue weighted by atomic mass is 9.95. The molecule has 6 heteroatoms. The summed E-state index contributed by atoms with van der Waals surface area (Å²) in [5.41, 5.74) is 2.00. The first-order valence-corrected chi connectivity index (χ1v) is 9.48. The van der Waals surface area contributed by atoms with E-state index in [9.17, 15) is 9.59 Å². The van der Waals surface area contributed by atoms with Gasteiger partial charge in [0.1, 0.15) is 0 Å². The molecule has 0 saturated carbocycles. The van der Waals surface area contributed by atoms with Crippen LogP contribution in [0.2, 0.25) is 0 Å². The minimum Gasteiger partial charge on any atom is -0.326 e. The lowest BCUT2D eigenvalue weighted by molar-refractivity contribution is -0.125. The summed E-state index contributed by atoms with van der Waals surface area (Å²) in [6.45, 7) is 3.20. The van der Waals surface area contributed by atoms with E-state index in [2.05, 4.69) is 21.6 Å². The van der Waals surface area contributed by atoms with Crippen LogP contribution in [0.1, 0.15) is 25.3 Å². The van der Waals surface area contributed by atoms with E-state index in [0.29, 0.717) is 17.8 Å². The van der Waals surface area contributed by atoms with E-state index in [4.69, 9.17) is 5.26 Å². The van der Waals surface area contributed by atoms with Crippen LogP contribution in [0.5, 0.6) is 0 Å². The van der Waals surface area contributed by atoms with Crippen LogP contribution in [0.25, 0.3) is 0 Å². The molecule has 1 aliphatic heterocycles. The minimum atomic E-state index is -0.344. The van der Waals surface area contributed by atoms with Crippen LogP contribution >= 0.6 is 0 Å². The van der Waals surface area contributed by atoms with Crippen LogP contribution in [-0.2, 0) is 9.59 Å². The number of nitrogens with one attached hydrogen (secondary N) is 2. The van der Waals surface area contributed by atoms with Crippen molar-refractivity contribution < 1.29 is 9.59 Å². The predicted octanol–water partition coefficient (Wildman–Crippen LogP) is 3.24. The number of benzene rings is 2. The van der Waals surface area contributed by atoms with E-state index in [1.807, 2.05) is 37.3 Å². The Morgan fingerprint density at radius 2 is 1.75 bits per heavy atom. The van der Waals surface area contributed by atoms with Gasteiger partial charge in [-0.15, -0.1) is 0 Å². The summed E-state index contributed by atoms with van der Waals surface area (Å²) in [6, 6.07) is 17.9. The molecule has 0 unspecified atom stereocenters. The van der Waals surface area contributed by atoms with Crippen LogP contribution in [0.4, 0.5) is 11.4 Å². The van der Waals surface area contributed by atoms with Crippen molar-refractivity contribution in [3.63, 3.8) is 0 Å². The van der Waals surface area contributed by atoms with Gasteiger partial charge in [0.2, 0.25) is 11.8 Å². The lowest BCUT2D eigenvalue weighted by Gasteiger charge is -2.35. The standard InChI is InChI=1S/C22H24N4O2/c1-16(21(27)24-20-11-9-17(14-23)10-12-20)26-13-5-6-18(15-26)22(28)25-19-7-3-2-4-8-19/h2-4,7-12,16,18H,5-6,13,15H2,1H3,(H,24,27)(H,25,28)/t16-,18-/m0/s1. The summed E-state index contributed by atoms with van der Waals surface area (Å²) >= 11 is 0. The Morgan fingerprint density at radius 1 is 1.07 bits per heavy atom. The van der Waals surface area contributed by atoms with E-state index in [1.54, 1.807) is 24.3 Å². The zero-order valence-electron chi connectivity index (χ0n) is 15.9. The maximum atomic E-state index is 12.6. The van der Waals surface area contributed by atoms with Crippen LogP contribution in [0.3, 0.4) is 0 Å². The number of likely N-dealkylation sites (tertiary alicyclic amines) is 1. The number of piperidine rings is 1. The predicted molar refractivity (Wildman–Crippen MR) is 109 cm³/mol. The van der Waals surface area contributed by atoms with Gasteiger partial charge >= 0.3 is 0 Å². The fourth-order valence-electron chi connectivity index (χ4n) is 3.38. The van der Waals surface area contributed by atoms with E-state index >= 15 is 0 Å². The van der Waals surface area contributed by atoms with Crippen LogP contribution in [0, 0.1) is 17.2 Å². The van der Waals surface area contributed by atoms with Crippen molar-refractivity contribution in [1.29, 1.82) is 5.26 Å². The Morgan fingerprint density at radius 3 is 2.43 bits per heavy atom. The Labute approximate surface area is 165 Å². The van der Waals surface area contributed by atoms with Crippen LogP contribution < -0.4 is 10.6 Å². The summed E-state index contributed by atoms with van der Waals surface area (Å²) in [5, 5.41) is 14.7. The molecule has 144 valence electrons. The Kier molecular flexibility index (Phi) is 6.41. The highest BCUT2D eigenvalue weighted by Crippen LogP contribution is 2.21. The van der Waals surface area contributed by atoms with Crippen molar-refractivity contribution in [2.45, 2.75) is 25.8 Å². The number of para-hydroxylation sites is 1. The van der Waals surface area contributed by atoms with Crippen LogP contribution in [0.15, 0.2) is 54.6 Å². The third-order valence-corrected chi connectivity index (χ3v) is 5.07. The second kappa shape index (κ2) is 9.16. The molecule has 1 saturated heterocycles. The first-order valence-electron chi connectivity index (χ1n) is 9.48. The van der Waals surface area contributed by atoms with E-state index in [0.717, 1.165) is 25.1 Å². The second-order valence-electron chi connectivity index (χ2n) is 7.04. The quantitative estimate of drug-likeness (QED) is 0.839. The maximum absolute atomic E-state index is 12.6. The highest BCUT2D eigenvalue weighted by molar-refractivity contribution is 5.95. The average Bonchev–Trinajstić information content (AvgIpc) is 2.74. The number of amides is 2. The molecule has 28 heavy (non-hydrogen) atoms. The smallest absolute Gasteiger partial charge is 0.241 e. The molecule has 2 atom stereocenters. The van der Waals surface area contributed by atoms with Gasteiger partial charge in [-0.3, -0.25) is 14.5 Å². The lowest BCUT2D eigenvalue weighted by Crippen LogP contribution is -2.49. The van der Waals surface area contributed by atoms with Gasteiger partial charge in [0.15, 0.2) is 0 Å². The summed E-state index contributed by atoms with van der Waals surface area (Å²) in [6.07, 6.45) is 1.69. The molecule has 0 radical (unpaired) electrons. The molecule has 0 aromatic heterocycles. The Bertz CT molecular complexity index is 858. The van der Waals surface area contributed by atoms with E-state index in [1.165, 1.54) is 0 Å². The minimum absolute atomic E-state index is 0.00407. The largest absolute Gasteiger partial charge is 0.326 e. The highest BCUT2D eigenvalue weighted by Gasteiger charge is 2.30. The average molecular weight is 376 g/mol. The Hall–Kier alpha value is -3.17. The van der Waals surface area contributed by atoms with Crippen molar-refractivity contribution >= 4 is 23.2 Å². The van der Waals surface area contributed by atoms with Gasteiger partial charge in [-0.05, 0) is 62.7 Å². The third kappa shape index (κ3) is 4.96. The SMILES string of the molecule is C[C@@H](C(=O)Nc1ccc(C#N)cc1)N1CCC[C@H](C(=O)Nc2ccccc2)C1. The second-order valence-corrected chi connectivity index (χ2v) is 7.04. The monoisotopic (exact) mass is 376 g/mol. The number of rotatable bonds is 5. The highest BCUT2D eigenvalue weighted by atomic mass is 16.2. The molecule has 6 nitrogen and oxygen atoms in total. The molecule has 1 fully saturated rings. The van der Waals surface area contributed by atoms with Gasteiger partial charge in [0.05, 0.1) is 23.6 Å². The van der Waals surface area contributed by atoms with Gasteiger partial charge in [0.25, 0.3) is 0 Å². The van der Waals surface area contributed by atoms with Crippen molar-refractivity contribution in [3.05, 3.63) is 60.2 Å². The molecule has 1 aliphatic rings. The Balaban J connectivity index is 1.57. The molecule has 2 N–H and O–H groups in total. The maximum Gasteiger partial charge on any atom is 0.241 e. The van der Waals surface area contributed by atoms with Gasteiger partial charge < -0.3 is 10.6 Å². The zero-order chi connectivity index (χ0) is 19.9. The summed E-state index contributed by atoms with van der Waals surface area (Å²) in [4.78, 5) is 27.3. The summed E-state index contributed by atoms with van der Waals surface area (Å²) in [7, 11) is 0. The number of hydrogen-bond acceptors (Lipinski definition) is 4. The normalized spacial score (nSPS) is 17.9. The van der Waals surface area contributed by atoms with Crippen molar-refractivity contribution in [3.8, 4) is 6.07 Å². The van der Waals surface area contributed by atoms with Crippen molar-refractivity contribution in [1.82, 2.24) is 4.90 Å². The van der Waals surface area contributed by atoms with Gasteiger partial charge in [-0.25, -0.2) is 0 Å². The molecular weight excluding hydrogens is 352 g/mol. The number of carbonyl (C=O) groups excluding carboxylic acids is 2. The zero-order valence-corrected chi connectivity index (χ0v) is 15.9. The van der Waals surface area contributed by atoms with E-state index in [-0.39, 0.29) is 23.8 Å². The van der Waals surface area contributed by atoms with Gasteiger partial charge in [0, 0.05) is 17.9 Å². The summed E-state index contributed by atoms with van der Waals surface area (Å²) < 4.78 is 0. The first-order chi connectivity index (χ1) is 13.6. The number of carbonyl (C=O) groups is 2. The number of nitrogens with zero attached hydrogens (tertiary/aromatic N) is 2. The van der Waals surface area contributed by atoms with E-state index < -0.39 is 0 Å². The number of nitriles is 1. The molecule has 2 aromatic carbocycles. The van der Waals surface area contributed by atoms with Crippen molar-refractivity contribution in [2.24, 2.45) is 5.92 Å². The molecule has 2 amide bonds. The topological polar surface area (TPSA) is 85.2 Å². The molecule has 0 aliphatic carbocycles. The summed E-state index contributed by atoms with van der Waals surface area (Å²) in [5.74, 6) is -0.261. The fraction of sp³-hybridized carbons (Fsp3) is 0.318. The van der Waals surface area contributed by atoms with Crippen LogP contribution in [-0.4, -0.2) is 35.8 Å². The first kappa shape index (κ1) is 19.6. The molecule has 0 bridgehead atoms. The van der Waals surface area contributed by atoms with Gasteiger partial charge in [-0.1, -0.05) is 18.2 Å². The molecule has 3 rings (SSSR count). The molecule has 0 spiro atoms. The fourth-order valence-corrected chi connectivity index (χ4v) is 3.38. The number of anilines is 2. The van der Waals surface area contributed by atoms with Crippen molar-refractivity contribution in [2.75, 3.05) is 23.7 Å². The molecule has 1 heterocycles. The number of hydrogen-bond donors (Lipinski definition) is 2. The molecular formula is C22H24N4O2. The third-order valence-electron chi connectivity index (χ3n) is 5.07.